The van der Waals surface area contributed by atoms with Crippen LogP contribution in [-0.4, -0.2) is 141 Å². The van der Waals surface area contributed by atoms with Crippen molar-refractivity contribution in [3.05, 3.63) is 48.6 Å². The molecule has 49 heavy (non-hydrogen) atoms. The van der Waals surface area contributed by atoms with Gasteiger partial charge in [-0.25, -0.2) is 0 Å². The van der Waals surface area contributed by atoms with E-state index in [9.17, 15) is 45.6 Å². The van der Waals surface area contributed by atoms with E-state index in [1.165, 1.54) is 19.3 Å². The maximum Gasteiger partial charge on any atom is 0.305 e. The van der Waals surface area contributed by atoms with E-state index in [0.29, 0.717) is 12.8 Å². The van der Waals surface area contributed by atoms with E-state index >= 15 is 0 Å². The van der Waals surface area contributed by atoms with Gasteiger partial charge in [-0.2, -0.15) is 0 Å². The number of unbranched alkanes of at least 4 members (excludes halogenated alkanes) is 4. The van der Waals surface area contributed by atoms with Gasteiger partial charge in [0.1, 0.15) is 61.5 Å². The molecule has 0 aromatic carbocycles. The molecule has 2 aliphatic rings. The molecule has 0 spiro atoms. The Bertz CT molecular complexity index is 1000. The first-order valence-electron chi connectivity index (χ1n) is 17.3. The van der Waals surface area contributed by atoms with Crippen LogP contribution in [-0.2, 0) is 28.5 Å². The molecule has 0 aromatic rings. The van der Waals surface area contributed by atoms with Gasteiger partial charge < -0.3 is 64.5 Å². The number of hydrogen-bond acceptors (Lipinski definition) is 14. The van der Waals surface area contributed by atoms with Crippen molar-refractivity contribution in [1.29, 1.82) is 0 Å². The molecule has 0 saturated carbocycles. The molecule has 0 aromatic heterocycles. The summed E-state index contributed by atoms with van der Waals surface area (Å²) in [6, 6.07) is 0. The maximum absolute atomic E-state index is 12.3. The van der Waals surface area contributed by atoms with Gasteiger partial charge in [0, 0.05) is 6.42 Å². The van der Waals surface area contributed by atoms with Gasteiger partial charge in [-0.15, -0.1) is 0 Å². The summed E-state index contributed by atoms with van der Waals surface area (Å²) in [6.45, 7) is -0.268. The number of carbonyl (C=O) groups excluding carboxylic acids is 1. The third-order valence-electron chi connectivity index (χ3n) is 8.13. The fraction of sp³-hybridized carbons (Fsp3) is 0.743. The van der Waals surface area contributed by atoms with Gasteiger partial charge in [-0.05, 0) is 44.9 Å². The number of aliphatic hydroxyl groups is 8. The molecule has 14 nitrogen and oxygen atoms in total. The molecule has 11 atom stereocenters. The summed E-state index contributed by atoms with van der Waals surface area (Å²) in [6.07, 6.45) is 8.50. The summed E-state index contributed by atoms with van der Waals surface area (Å²) in [5.41, 5.74) is 0. The molecular weight excluding hydrogens is 644 g/mol. The Labute approximate surface area is 288 Å². The fourth-order valence-electron chi connectivity index (χ4n) is 5.17. The molecule has 1 unspecified atom stereocenters. The average molecular weight is 703 g/mol. The van der Waals surface area contributed by atoms with Crippen LogP contribution in [0.1, 0.15) is 71.1 Å². The van der Waals surface area contributed by atoms with Crippen molar-refractivity contribution in [3.63, 3.8) is 0 Å². The Morgan fingerprint density at radius 3 is 1.80 bits per heavy atom. The van der Waals surface area contributed by atoms with Gasteiger partial charge in [-0.1, -0.05) is 68.4 Å². The van der Waals surface area contributed by atoms with E-state index in [-0.39, 0.29) is 13.0 Å². The van der Waals surface area contributed by atoms with Gasteiger partial charge >= 0.3 is 5.97 Å². The van der Waals surface area contributed by atoms with Gasteiger partial charge in [0.15, 0.2) is 12.6 Å². The molecule has 14 heteroatoms. The number of ether oxygens (including phenoxy) is 5. The lowest BCUT2D eigenvalue weighted by atomic mass is 9.97. The highest BCUT2D eigenvalue weighted by atomic mass is 16.7. The van der Waals surface area contributed by atoms with Crippen LogP contribution in [0.5, 0.6) is 0 Å². The van der Waals surface area contributed by atoms with Crippen molar-refractivity contribution in [3.8, 4) is 0 Å². The number of hydrogen-bond donors (Lipinski definition) is 8. The molecule has 0 amide bonds. The highest BCUT2D eigenvalue weighted by Crippen LogP contribution is 2.30. The van der Waals surface area contributed by atoms with Gasteiger partial charge in [-0.3, -0.25) is 4.79 Å². The molecular formula is C35H58O14. The predicted molar refractivity (Wildman–Crippen MR) is 178 cm³/mol. The summed E-state index contributed by atoms with van der Waals surface area (Å²) in [4.78, 5) is 12.3. The second-order valence-corrected chi connectivity index (χ2v) is 12.1. The van der Waals surface area contributed by atoms with Gasteiger partial charge in [0.05, 0.1) is 19.8 Å². The molecule has 2 rings (SSSR count). The van der Waals surface area contributed by atoms with Crippen LogP contribution in [0, 0.1) is 0 Å². The Morgan fingerprint density at radius 1 is 0.673 bits per heavy atom. The van der Waals surface area contributed by atoms with Crippen molar-refractivity contribution in [2.24, 2.45) is 0 Å². The van der Waals surface area contributed by atoms with Crippen LogP contribution in [0.25, 0.3) is 0 Å². The van der Waals surface area contributed by atoms with E-state index < -0.39 is 93.3 Å². The normalized spacial score (nSPS) is 31.8. The standard InChI is InChI=1S/C35H58O14/c1-2-3-4-5-6-7-8-9-10-11-12-13-14-15-16-17-18-19-27(39)45-23-24(20-36)46-35-32(44)33(29(41)26(22-38)48-35)49-34-31(43)30(42)28(40)25(21-37)47-34/h6-7,9-10,12-13,15-16,24-26,28-38,40-44H,2-5,8,11,14,17-23H2,1H3/b7-6-,10-9-,13-12-,16-15-/t24?,25-,26-,28-,29-,30+,31-,32-,33+,34+,35-/m1/s1. The number of aliphatic hydroxyl groups excluding tert-OH is 8. The minimum Gasteiger partial charge on any atom is -0.463 e. The van der Waals surface area contributed by atoms with Crippen molar-refractivity contribution < 1.29 is 69.3 Å². The minimum atomic E-state index is -1.82. The Morgan fingerprint density at radius 2 is 1.22 bits per heavy atom. The van der Waals surface area contributed by atoms with Gasteiger partial charge in [0.2, 0.25) is 0 Å². The zero-order chi connectivity index (χ0) is 36.0. The number of rotatable bonds is 23. The third-order valence-corrected chi connectivity index (χ3v) is 8.13. The maximum atomic E-state index is 12.3. The second kappa shape index (κ2) is 25.0. The van der Waals surface area contributed by atoms with Crippen molar-refractivity contribution in [2.45, 2.75) is 139 Å². The zero-order valence-corrected chi connectivity index (χ0v) is 28.4. The lowest BCUT2D eigenvalue weighted by Gasteiger charge is -2.46. The lowest BCUT2D eigenvalue weighted by Crippen LogP contribution is -2.65. The summed E-state index contributed by atoms with van der Waals surface area (Å²) >= 11 is 0. The highest BCUT2D eigenvalue weighted by molar-refractivity contribution is 5.69. The quantitative estimate of drug-likeness (QED) is 0.0417. The topological polar surface area (TPSA) is 225 Å². The fourth-order valence-corrected chi connectivity index (χ4v) is 5.17. The van der Waals surface area contributed by atoms with Crippen LogP contribution in [0.15, 0.2) is 48.6 Å². The summed E-state index contributed by atoms with van der Waals surface area (Å²) in [5.74, 6) is -0.518. The first-order chi connectivity index (χ1) is 23.7. The number of esters is 1. The van der Waals surface area contributed by atoms with E-state index in [0.717, 1.165) is 25.7 Å². The molecule has 0 bridgehead atoms. The molecule has 0 radical (unpaired) electrons. The summed E-state index contributed by atoms with van der Waals surface area (Å²) in [7, 11) is 0. The van der Waals surface area contributed by atoms with E-state index in [1.807, 2.05) is 12.2 Å². The Balaban J connectivity index is 1.71. The van der Waals surface area contributed by atoms with Crippen molar-refractivity contribution >= 4 is 5.97 Å². The predicted octanol–water partition coefficient (Wildman–Crippen LogP) is 0.677. The van der Waals surface area contributed by atoms with Crippen LogP contribution >= 0.6 is 0 Å². The van der Waals surface area contributed by atoms with Crippen LogP contribution in [0.2, 0.25) is 0 Å². The first kappa shape index (κ1) is 43.1. The molecule has 2 heterocycles. The van der Waals surface area contributed by atoms with E-state index in [2.05, 4.69) is 43.4 Å². The molecule has 0 aliphatic carbocycles. The van der Waals surface area contributed by atoms with E-state index in [1.54, 1.807) is 0 Å². The SMILES string of the molecule is CCCCC/C=C\C/C=C\C/C=C\C/C=C\CCCC(=O)OCC(CO)O[C@@H]1O[C@H](CO)[C@@H](O)[C@H](O[C@@H]2O[C@H](CO)[C@@H](O)[C@H](O)[C@H]2O)[C@H]1O. The average Bonchev–Trinajstić information content (AvgIpc) is 3.10. The number of carbonyl (C=O) groups is 1. The third kappa shape index (κ3) is 15.4. The van der Waals surface area contributed by atoms with Crippen LogP contribution in [0.3, 0.4) is 0 Å². The lowest BCUT2D eigenvalue weighted by molar-refractivity contribution is -0.364. The molecule has 8 N–H and O–H groups in total. The van der Waals surface area contributed by atoms with Crippen molar-refractivity contribution in [1.82, 2.24) is 0 Å². The first-order valence-corrected chi connectivity index (χ1v) is 17.3. The van der Waals surface area contributed by atoms with Crippen LogP contribution < -0.4 is 0 Å². The monoisotopic (exact) mass is 702 g/mol. The molecule has 2 saturated heterocycles. The molecule has 2 fully saturated rings. The van der Waals surface area contributed by atoms with Crippen LogP contribution in [0.4, 0.5) is 0 Å². The highest BCUT2D eigenvalue weighted by Gasteiger charge is 2.51. The summed E-state index contributed by atoms with van der Waals surface area (Å²) < 4.78 is 27.1. The molecule has 282 valence electrons. The summed E-state index contributed by atoms with van der Waals surface area (Å²) in [5, 5.41) is 80.8. The Kier molecular flexibility index (Phi) is 22.0. The largest absolute Gasteiger partial charge is 0.463 e. The van der Waals surface area contributed by atoms with Gasteiger partial charge in [0.25, 0.3) is 0 Å². The zero-order valence-electron chi connectivity index (χ0n) is 28.4. The van der Waals surface area contributed by atoms with E-state index in [4.69, 9.17) is 23.7 Å². The number of allylic oxidation sites excluding steroid dienone is 8. The second-order valence-electron chi connectivity index (χ2n) is 12.1. The smallest absolute Gasteiger partial charge is 0.305 e. The minimum absolute atomic E-state index is 0.131. The Hall–Kier alpha value is -2.05. The van der Waals surface area contributed by atoms with Crippen molar-refractivity contribution in [2.75, 3.05) is 26.4 Å². The molecule has 2 aliphatic heterocycles.